The maximum Gasteiger partial charge on any atom is 0.283 e. The lowest BCUT2D eigenvalue weighted by molar-refractivity contribution is -0.121. The number of aromatic nitrogens is 5. The number of methoxy groups -OCH3 is 1. The van der Waals surface area contributed by atoms with Gasteiger partial charge >= 0.3 is 0 Å². The van der Waals surface area contributed by atoms with Gasteiger partial charge in [-0.3, -0.25) is 19.4 Å². The Morgan fingerprint density at radius 3 is 2.52 bits per heavy atom. The zero-order valence-electron chi connectivity index (χ0n) is 23.2. The highest BCUT2D eigenvalue weighted by atomic mass is 35.5. The van der Waals surface area contributed by atoms with E-state index in [-0.39, 0.29) is 29.6 Å². The molecule has 0 aliphatic carbocycles. The standard InChI is InChI=1S/C29H29ClF2N6O4/c1-4-5-6-24(25(39)11-17-7-9-21(34-14-17)29(41)33-2)37-16-26(42-3)20(13-27(37)40)19-12-18(30)8-10-23(19)38-15-22(28(31)32)35-36-38/h7-10,12-16,24,28H,4-6,11H2,1-3H3,(H,33,41). The number of hydrogen-bond acceptors (Lipinski definition) is 7. The normalized spacial score (nSPS) is 11.9. The fraction of sp³-hybridized carbons (Fsp3) is 0.310. The van der Waals surface area contributed by atoms with Crippen molar-refractivity contribution in [3.05, 3.63) is 87.3 Å². The molecular formula is C29H29ClF2N6O4. The van der Waals surface area contributed by atoms with E-state index in [4.69, 9.17) is 16.3 Å². The second-order valence-electron chi connectivity index (χ2n) is 9.48. The van der Waals surface area contributed by atoms with Crippen molar-refractivity contribution in [3.63, 3.8) is 0 Å². The number of ether oxygens (including phenoxy) is 1. The maximum atomic E-state index is 13.6. The van der Waals surface area contributed by atoms with Crippen LogP contribution >= 0.6 is 11.6 Å². The zero-order valence-corrected chi connectivity index (χ0v) is 23.9. The van der Waals surface area contributed by atoms with Gasteiger partial charge in [-0.05, 0) is 36.2 Å². The number of unbranched alkanes of at least 4 members (excludes halogenated alkanes) is 1. The fourth-order valence-corrected chi connectivity index (χ4v) is 4.70. The first kappa shape index (κ1) is 30.5. The molecule has 0 aliphatic heterocycles. The number of carbonyl (C=O) groups excluding carboxylic acids is 2. The van der Waals surface area contributed by atoms with Crippen molar-refractivity contribution < 1.29 is 23.1 Å². The number of halogens is 3. The van der Waals surface area contributed by atoms with Crippen molar-refractivity contribution in [3.8, 4) is 22.6 Å². The number of Topliss-reactive ketones (excluding diaryl/α,β-unsaturated/α-hetero) is 1. The number of pyridine rings is 2. The Kier molecular flexibility index (Phi) is 9.79. The highest BCUT2D eigenvalue weighted by molar-refractivity contribution is 6.31. The lowest BCUT2D eigenvalue weighted by Crippen LogP contribution is -2.30. The first-order valence-corrected chi connectivity index (χ1v) is 13.5. The molecule has 1 aromatic carbocycles. The molecule has 13 heteroatoms. The fourth-order valence-electron chi connectivity index (χ4n) is 4.53. The average Bonchev–Trinajstić information content (AvgIpc) is 3.48. The van der Waals surface area contributed by atoms with Gasteiger partial charge in [0.25, 0.3) is 17.9 Å². The third-order valence-electron chi connectivity index (χ3n) is 6.70. The first-order chi connectivity index (χ1) is 20.2. The molecule has 0 saturated heterocycles. The number of amides is 1. The van der Waals surface area contributed by atoms with Gasteiger partial charge in [-0.2, -0.15) is 0 Å². The van der Waals surface area contributed by atoms with Crippen LogP contribution in [0, 0.1) is 0 Å². The summed E-state index contributed by atoms with van der Waals surface area (Å²) in [7, 11) is 2.92. The number of carbonyl (C=O) groups is 2. The predicted molar refractivity (Wildman–Crippen MR) is 152 cm³/mol. The molecular weight excluding hydrogens is 570 g/mol. The minimum Gasteiger partial charge on any atom is -0.495 e. The van der Waals surface area contributed by atoms with Crippen molar-refractivity contribution >= 4 is 23.3 Å². The van der Waals surface area contributed by atoms with Crippen LogP contribution in [0.2, 0.25) is 5.02 Å². The van der Waals surface area contributed by atoms with E-state index in [1.54, 1.807) is 24.3 Å². The summed E-state index contributed by atoms with van der Waals surface area (Å²) in [6, 6.07) is 8.43. The number of benzene rings is 1. The van der Waals surface area contributed by atoms with E-state index in [2.05, 4.69) is 20.6 Å². The number of alkyl halides is 2. The number of nitrogens with zero attached hydrogens (tertiary/aromatic N) is 5. The van der Waals surface area contributed by atoms with Crippen LogP contribution in [0.25, 0.3) is 16.8 Å². The van der Waals surface area contributed by atoms with E-state index in [1.165, 1.54) is 47.9 Å². The van der Waals surface area contributed by atoms with Gasteiger partial charge in [0.15, 0.2) is 5.78 Å². The molecule has 0 aliphatic rings. The quantitative estimate of drug-likeness (QED) is 0.244. The second-order valence-corrected chi connectivity index (χ2v) is 9.92. The van der Waals surface area contributed by atoms with E-state index < -0.39 is 23.7 Å². The largest absolute Gasteiger partial charge is 0.495 e. The molecule has 4 rings (SSSR count). The molecule has 1 unspecified atom stereocenters. The predicted octanol–water partition coefficient (Wildman–Crippen LogP) is 4.99. The molecule has 1 N–H and O–H groups in total. The summed E-state index contributed by atoms with van der Waals surface area (Å²) in [5, 5.41) is 10.2. The van der Waals surface area contributed by atoms with Crippen LogP contribution in [0.15, 0.2) is 59.8 Å². The van der Waals surface area contributed by atoms with Gasteiger partial charge in [0.2, 0.25) is 0 Å². The van der Waals surface area contributed by atoms with Crippen LogP contribution in [-0.2, 0) is 11.2 Å². The molecule has 1 atom stereocenters. The van der Waals surface area contributed by atoms with E-state index in [9.17, 15) is 23.2 Å². The van der Waals surface area contributed by atoms with Crippen LogP contribution in [0.5, 0.6) is 5.75 Å². The molecule has 3 heterocycles. The van der Waals surface area contributed by atoms with Gasteiger partial charge in [0.05, 0.1) is 31.2 Å². The van der Waals surface area contributed by atoms with Crippen molar-refractivity contribution in [2.24, 2.45) is 0 Å². The van der Waals surface area contributed by atoms with Crippen molar-refractivity contribution in [2.45, 2.75) is 45.1 Å². The highest BCUT2D eigenvalue weighted by Crippen LogP contribution is 2.36. The highest BCUT2D eigenvalue weighted by Gasteiger charge is 2.25. The number of rotatable bonds is 12. The average molecular weight is 599 g/mol. The minimum atomic E-state index is -2.81. The molecule has 0 spiro atoms. The first-order valence-electron chi connectivity index (χ1n) is 13.2. The number of ketones is 1. The number of nitrogens with one attached hydrogen (secondary N) is 1. The SMILES string of the molecule is CCCCC(C(=O)Cc1ccc(C(=O)NC)nc1)n1cc(OC)c(-c2cc(Cl)ccc2-n2cc(C(F)F)nn2)cc1=O. The maximum absolute atomic E-state index is 13.6. The minimum absolute atomic E-state index is 0.00310. The molecule has 10 nitrogen and oxygen atoms in total. The van der Waals surface area contributed by atoms with Gasteiger partial charge in [0, 0.05) is 41.9 Å². The topological polar surface area (TPSA) is 121 Å². The summed E-state index contributed by atoms with van der Waals surface area (Å²) in [6.07, 6.45) is 3.15. The Morgan fingerprint density at radius 1 is 1.12 bits per heavy atom. The van der Waals surface area contributed by atoms with E-state index in [0.717, 1.165) is 12.6 Å². The zero-order chi connectivity index (χ0) is 30.4. The van der Waals surface area contributed by atoms with Gasteiger partial charge in [-0.15, -0.1) is 5.10 Å². The Balaban J connectivity index is 1.74. The van der Waals surface area contributed by atoms with Crippen LogP contribution in [0.1, 0.15) is 60.4 Å². The summed E-state index contributed by atoms with van der Waals surface area (Å²) in [5.74, 6) is -0.285. The van der Waals surface area contributed by atoms with Crippen LogP contribution in [0.3, 0.4) is 0 Å². The third-order valence-corrected chi connectivity index (χ3v) is 6.93. The lowest BCUT2D eigenvalue weighted by Gasteiger charge is -2.21. The van der Waals surface area contributed by atoms with Gasteiger partial charge in [-0.25, -0.2) is 13.5 Å². The summed E-state index contributed by atoms with van der Waals surface area (Å²) >= 11 is 6.28. The number of hydrogen-bond donors (Lipinski definition) is 1. The monoisotopic (exact) mass is 598 g/mol. The van der Waals surface area contributed by atoms with E-state index >= 15 is 0 Å². The summed E-state index contributed by atoms with van der Waals surface area (Å²) in [6.45, 7) is 1.99. The molecule has 0 saturated carbocycles. The smallest absolute Gasteiger partial charge is 0.283 e. The van der Waals surface area contributed by atoms with E-state index in [0.29, 0.717) is 40.2 Å². The van der Waals surface area contributed by atoms with Gasteiger partial charge in [-0.1, -0.05) is 42.6 Å². The van der Waals surface area contributed by atoms with E-state index in [1.807, 2.05) is 6.92 Å². The molecule has 3 aromatic heterocycles. The van der Waals surface area contributed by atoms with Gasteiger partial charge in [0.1, 0.15) is 17.1 Å². The summed E-state index contributed by atoms with van der Waals surface area (Å²) < 4.78 is 34.5. The van der Waals surface area contributed by atoms with Crippen molar-refractivity contribution in [2.75, 3.05) is 14.2 Å². The molecule has 4 aromatic rings. The Bertz CT molecular complexity index is 1640. The Morgan fingerprint density at radius 2 is 1.90 bits per heavy atom. The van der Waals surface area contributed by atoms with Crippen LogP contribution in [0.4, 0.5) is 8.78 Å². The molecule has 220 valence electrons. The van der Waals surface area contributed by atoms with Crippen LogP contribution < -0.4 is 15.6 Å². The van der Waals surface area contributed by atoms with Crippen LogP contribution in [-0.4, -0.2) is 50.4 Å². The Labute approximate surface area is 245 Å². The van der Waals surface area contributed by atoms with Crippen molar-refractivity contribution in [1.29, 1.82) is 0 Å². The lowest BCUT2D eigenvalue weighted by atomic mass is 9.98. The van der Waals surface area contributed by atoms with Crippen molar-refractivity contribution in [1.82, 2.24) is 29.9 Å². The molecule has 0 fully saturated rings. The third kappa shape index (κ3) is 6.71. The molecule has 1 amide bonds. The summed E-state index contributed by atoms with van der Waals surface area (Å²) in [4.78, 5) is 43.0. The molecule has 42 heavy (non-hydrogen) atoms. The molecule has 0 bridgehead atoms. The Hall–Kier alpha value is -4.45. The summed E-state index contributed by atoms with van der Waals surface area (Å²) in [5.41, 5.74) is 0.935. The molecule has 0 radical (unpaired) electrons. The second kappa shape index (κ2) is 13.5. The van der Waals surface area contributed by atoms with Gasteiger partial charge < -0.3 is 14.6 Å².